The van der Waals surface area contributed by atoms with E-state index in [2.05, 4.69) is 13.5 Å². The van der Waals surface area contributed by atoms with E-state index in [9.17, 15) is 8.42 Å². The van der Waals surface area contributed by atoms with Crippen molar-refractivity contribution < 1.29 is 8.42 Å². The summed E-state index contributed by atoms with van der Waals surface area (Å²) >= 11 is 0. The van der Waals surface area contributed by atoms with Crippen molar-refractivity contribution in [2.75, 3.05) is 5.75 Å². The molecule has 0 spiro atoms. The number of rotatable bonds is 9. The second kappa shape index (κ2) is 8.68. The van der Waals surface area contributed by atoms with Crippen LogP contribution < -0.4 is 0 Å². The molecule has 0 fully saturated rings. The summed E-state index contributed by atoms with van der Waals surface area (Å²) in [5, 5.41) is 0. The van der Waals surface area contributed by atoms with Crippen molar-refractivity contribution >= 4 is 9.84 Å². The minimum Gasteiger partial charge on any atom is -0.224 e. The lowest BCUT2D eigenvalue weighted by atomic mass is 9.95. The van der Waals surface area contributed by atoms with E-state index in [-0.39, 0.29) is 5.75 Å². The summed E-state index contributed by atoms with van der Waals surface area (Å²) in [7, 11) is -3.20. The van der Waals surface area contributed by atoms with E-state index < -0.39 is 9.84 Å². The Bertz CT molecular complexity index is 626. The molecule has 3 heteroatoms. The highest BCUT2D eigenvalue weighted by molar-refractivity contribution is 7.91. The van der Waals surface area contributed by atoms with Crippen LogP contribution in [0.3, 0.4) is 0 Å². The maximum absolute atomic E-state index is 12.8. The molecular formula is C20H32O2S. The Kier molecular flexibility index (Phi) is 7.53. The topological polar surface area (TPSA) is 34.1 Å². The first kappa shape index (κ1) is 20.0. The van der Waals surface area contributed by atoms with Crippen LogP contribution >= 0.6 is 0 Å². The van der Waals surface area contributed by atoms with Gasteiger partial charge in [0.15, 0.2) is 9.84 Å². The van der Waals surface area contributed by atoms with Gasteiger partial charge in [-0.05, 0) is 81.7 Å². The number of unbranched alkanes of at least 4 members (excludes halogenated alkanes) is 5. The minimum atomic E-state index is -3.20. The van der Waals surface area contributed by atoms with Crippen LogP contribution in [0.25, 0.3) is 0 Å². The Morgan fingerprint density at radius 2 is 1.17 bits per heavy atom. The van der Waals surface area contributed by atoms with Gasteiger partial charge in [-0.2, -0.15) is 0 Å². The molecule has 130 valence electrons. The number of benzene rings is 1. The molecule has 0 unspecified atom stereocenters. The molecule has 1 aromatic carbocycles. The lowest BCUT2D eigenvalue weighted by molar-refractivity contribution is 0.584. The molecule has 0 saturated carbocycles. The summed E-state index contributed by atoms with van der Waals surface area (Å²) in [6, 6.07) is 0. The van der Waals surface area contributed by atoms with Gasteiger partial charge in [-0.25, -0.2) is 8.42 Å². The number of sulfone groups is 1. The third kappa shape index (κ3) is 4.94. The van der Waals surface area contributed by atoms with Crippen LogP contribution in [0.1, 0.15) is 66.3 Å². The second-order valence-electron chi connectivity index (χ2n) is 6.62. The van der Waals surface area contributed by atoms with Crippen molar-refractivity contribution in [1.29, 1.82) is 0 Å². The van der Waals surface area contributed by atoms with E-state index >= 15 is 0 Å². The van der Waals surface area contributed by atoms with Crippen molar-refractivity contribution in [2.45, 2.75) is 78.0 Å². The normalized spacial score (nSPS) is 11.7. The van der Waals surface area contributed by atoms with Gasteiger partial charge in [0, 0.05) is 0 Å². The molecule has 23 heavy (non-hydrogen) atoms. The van der Waals surface area contributed by atoms with Crippen molar-refractivity contribution in [1.82, 2.24) is 0 Å². The predicted molar refractivity (Wildman–Crippen MR) is 100 cm³/mol. The Labute approximate surface area is 142 Å². The summed E-state index contributed by atoms with van der Waals surface area (Å²) in [5.74, 6) is 0.262. The molecule has 2 nitrogen and oxygen atoms in total. The van der Waals surface area contributed by atoms with Gasteiger partial charge in [-0.1, -0.05) is 25.3 Å². The summed E-state index contributed by atoms with van der Waals surface area (Å²) in [6.45, 7) is 13.7. The first-order valence-corrected chi connectivity index (χ1v) is 10.3. The molecule has 0 amide bonds. The summed E-state index contributed by atoms with van der Waals surface area (Å²) in [6.07, 6.45) is 8.15. The van der Waals surface area contributed by atoms with Gasteiger partial charge in [0.2, 0.25) is 0 Å². The Balaban J connectivity index is 2.80. The molecule has 1 rings (SSSR count). The van der Waals surface area contributed by atoms with Crippen LogP contribution in [0.15, 0.2) is 17.6 Å². The molecule has 0 aromatic heterocycles. The van der Waals surface area contributed by atoms with Gasteiger partial charge in [-0.15, -0.1) is 6.58 Å². The molecular weight excluding hydrogens is 304 g/mol. The molecule has 0 atom stereocenters. The lowest BCUT2D eigenvalue weighted by Gasteiger charge is -2.18. The fourth-order valence-corrected chi connectivity index (χ4v) is 5.17. The average molecular weight is 337 g/mol. The average Bonchev–Trinajstić information content (AvgIpc) is 2.50. The Hall–Kier alpha value is -1.09. The fraction of sp³-hybridized carbons (Fsp3) is 0.600. The number of hydrogen-bond donors (Lipinski definition) is 0. The van der Waals surface area contributed by atoms with Gasteiger partial charge in [-0.3, -0.25) is 0 Å². The molecule has 0 N–H and O–H groups in total. The van der Waals surface area contributed by atoms with Crippen LogP contribution in [-0.2, 0) is 9.84 Å². The summed E-state index contributed by atoms with van der Waals surface area (Å²) in [4.78, 5) is 0.574. The van der Waals surface area contributed by atoms with E-state index in [0.29, 0.717) is 4.90 Å². The maximum atomic E-state index is 12.8. The van der Waals surface area contributed by atoms with Crippen LogP contribution in [0, 0.1) is 34.6 Å². The fourth-order valence-electron chi connectivity index (χ4n) is 3.15. The van der Waals surface area contributed by atoms with Crippen molar-refractivity contribution in [3.05, 3.63) is 40.5 Å². The first-order valence-electron chi connectivity index (χ1n) is 8.64. The zero-order valence-corrected chi connectivity index (χ0v) is 16.3. The predicted octanol–water partition coefficient (Wildman–Crippen LogP) is 5.53. The van der Waals surface area contributed by atoms with Crippen LogP contribution in [0.4, 0.5) is 0 Å². The lowest BCUT2D eigenvalue weighted by Crippen LogP contribution is -2.13. The molecule has 0 heterocycles. The molecule has 0 radical (unpaired) electrons. The molecule has 0 aliphatic carbocycles. The monoisotopic (exact) mass is 336 g/mol. The van der Waals surface area contributed by atoms with E-state index in [4.69, 9.17) is 0 Å². The molecule has 0 bridgehead atoms. The maximum Gasteiger partial charge on any atom is 0.178 e. The molecule has 0 aliphatic rings. The third-order valence-electron chi connectivity index (χ3n) is 5.06. The Morgan fingerprint density at radius 1 is 0.739 bits per heavy atom. The number of allylic oxidation sites excluding steroid dienone is 1. The summed E-state index contributed by atoms with van der Waals surface area (Å²) in [5.41, 5.74) is 5.28. The first-order chi connectivity index (χ1) is 10.7. The minimum absolute atomic E-state index is 0.262. The van der Waals surface area contributed by atoms with Crippen LogP contribution in [0.2, 0.25) is 0 Å². The molecule has 0 saturated heterocycles. The number of hydrogen-bond acceptors (Lipinski definition) is 2. The van der Waals surface area contributed by atoms with Gasteiger partial charge in [0.05, 0.1) is 10.6 Å². The third-order valence-corrected chi connectivity index (χ3v) is 7.12. The highest BCUT2D eigenvalue weighted by atomic mass is 32.2. The Morgan fingerprint density at radius 3 is 1.70 bits per heavy atom. The van der Waals surface area contributed by atoms with E-state index in [1.165, 1.54) is 5.56 Å². The van der Waals surface area contributed by atoms with Gasteiger partial charge in [0.25, 0.3) is 0 Å². The van der Waals surface area contributed by atoms with Crippen molar-refractivity contribution in [3.63, 3.8) is 0 Å². The highest BCUT2D eigenvalue weighted by Crippen LogP contribution is 2.30. The van der Waals surface area contributed by atoms with E-state index in [1.54, 1.807) is 0 Å². The van der Waals surface area contributed by atoms with Gasteiger partial charge < -0.3 is 0 Å². The summed E-state index contributed by atoms with van der Waals surface area (Å²) < 4.78 is 25.6. The van der Waals surface area contributed by atoms with E-state index in [1.807, 2.05) is 33.8 Å². The smallest absolute Gasteiger partial charge is 0.178 e. The molecule has 1 aromatic rings. The van der Waals surface area contributed by atoms with Gasteiger partial charge >= 0.3 is 0 Å². The molecule has 0 aliphatic heterocycles. The zero-order chi connectivity index (χ0) is 17.6. The quantitative estimate of drug-likeness (QED) is 0.439. The van der Waals surface area contributed by atoms with Crippen molar-refractivity contribution in [2.24, 2.45) is 0 Å². The van der Waals surface area contributed by atoms with E-state index in [0.717, 1.165) is 60.8 Å². The zero-order valence-electron chi connectivity index (χ0n) is 15.5. The largest absolute Gasteiger partial charge is 0.224 e. The van der Waals surface area contributed by atoms with Gasteiger partial charge in [0.1, 0.15) is 0 Å². The second-order valence-corrected chi connectivity index (χ2v) is 8.66. The van der Waals surface area contributed by atoms with Crippen LogP contribution in [-0.4, -0.2) is 14.2 Å². The SMILES string of the molecule is C=CCCCCCCCS(=O)(=O)c1c(C)c(C)c(C)c(C)c1C. The standard InChI is InChI=1S/C20H32O2S/c1-7-8-9-10-11-12-13-14-23(21,22)20-18(5)16(3)15(2)17(4)19(20)6/h7H,1,8-14H2,2-6H3. The van der Waals surface area contributed by atoms with Crippen LogP contribution in [0.5, 0.6) is 0 Å². The van der Waals surface area contributed by atoms with Crippen molar-refractivity contribution in [3.8, 4) is 0 Å². The highest BCUT2D eigenvalue weighted by Gasteiger charge is 2.23.